The predicted molar refractivity (Wildman–Crippen MR) is 127 cm³/mol. The van der Waals surface area contributed by atoms with Gasteiger partial charge in [-0.1, -0.05) is 11.6 Å². The van der Waals surface area contributed by atoms with Crippen LogP contribution in [0.1, 0.15) is 31.2 Å². The van der Waals surface area contributed by atoms with Gasteiger partial charge < -0.3 is 10.6 Å². The number of anilines is 1. The van der Waals surface area contributed by atoms with Gasteiger partial charge in [0.2, 0.25) is 0 Å². The second-order valence-electron chi connectivity index (χ2n) is 7.85. The van der Waals surface area contributed by atoms with Crippen LogP contribution in [0.4, 0.5) is 5.69 Å². The Hall–Kier alpha value is -2.10. The fourth-order valence-corrected chi connectivity index (χ4v) is 4.19. The Balaban J connectivity index is 0.000000401. The van der Waals surface area contributed by atoms with Gasteiger partial charge in [-0.05, 0) is 56.5 Å². The molecule has 1 aliphatic carbocycles. The molecule has 1 heterocycles. The third-order valence-corrected chi connectivity index (χ3v) is 5.91. The summed E-state index contributed by atoms with van der Waals surface area (Å²) in [5.41, 5.74) is 3.49. The Morgan fingerprint density at radius 3 is 2.39 bits per heavy atom. The first-order valence-electron chi connectivity index (χ1n) is 10.7. The number of hydrogen-bond acceptors (Lipinski definition) is 3. The van der Waals surface area contributed by atoms with E-state index in [1.54, 1.807) is 0 Å². The molecule has 2 N–H and O–H groups in total. The summed E-state index contributed by atoms with van der Waals surface area (Å²) in [6.07, 6.45) is 6.67. The Labute approximate surface area is 200 Å². The van der Waals surface area contributed by atoms with Gasteiger partial charge in [-0.3, -0.25) is 4.98 Å². The van der Waals surface area contributed by atoms with Crippen molar-refractivity contribution in [3.8, 4) is 0 Å². The van der Waals surface area contributed by atoms with Crippen LogP contribution in [-0.4, -0.2) is 17.1 Å². The molecule has 0 amide bonds. The minimum Gasteiger partial charge on any atom is -0.382 e. The van der Waals surface area contributed by atoms with E-state index in [9.17, 15) is 0 Å². The third kappa shape index (κ3) is 6.95. The molecule has 5 rings (SSSR count). The number of pyridine rings is 1. The van der Waals surface area contributed by atoms with Gasteiger partial charge in [0.25, 0.3) is 0 Å². The smallest absolute Gasteiger partial charge is 0.382 e. The topological polar surface area (TPSA) is 37.0 Å². The van der Waals surface area contributed by atoms with Crippen LogP contribution in [0.25, 0.3) is 10.9 Å². The van der Waals surface area contributed by atoms with Gasteiger partial charge >= 0.3 is 17.1 Å². The zero-order chi connectivity index (χ0) is 20.6. The monoisotopic (exact) mass is 473 g/mol. The number of nitrogens with zero attached hydrogens (tertiary/aromatic N) is 1. The number of benzene rings is 1. The van der Waals surface area contributed by atoms with Crippen LogP contribution < -0.4 is 10.6 Å². The second kappa shape index (κ2) is 12.1. The van der Waals surface area contributed by atoms with E-state index in [0.29, 0.717) is 12.1 Å². The van der Waals surface area contributed by atoms with E-state index < -0.39 is 0 Å². The number of nitrogens with one attached hydrogen (secondary N) is 2. The van der Waals surface area contributed by atoms with Gasteiger partial charge in [0.05, 0.1) is 5.52 Å². The van der Waals surface area contributed by atoms with E-state index >= 15 is 0 Å². The van der Waals surface area contributed by atoms with Gasteiger partial charge in [0.15, 0.2) is 0 Å². The van der Waals surface area contributed by atoms with E-state index in [1.165, 1.54) is 31.2 Å². The molecule has 1 aromatic heterocycles. The number of fused-ring (bicyclic) bond motifs is 1. The Kier molecular flexibility index (Phi) is 9.17. The quantitative estimate of drug-likeness (QED) is 0.256. The van der Waals surface area contributed by atoms with Crippen molar-refractivity contribution in [3.63, 3.8) is 0 Å². The van der Waals surface area contributed by atoms with Crippen molar-refractivity contribution in [3.05, 3.63) is 95.6 Å². The summed E-state index contributed by atoms with van der Waals surface area (Å²) in [6.45, 7) is 0.978. The van der Waals surface area contributed by atoms with Crippen LogP contribution in [-0.2, 0) is 23.6 Å². The Morgan fingerprint density at radius 1 is 0.935 bits per heavy atom. The first-order chi connectivity index (χ1) is 14.8. The normalized spacial score (nSPS) is 18.0. The molecule has 3 nitrogen and oxygen atoms in total. The summed E-state index contributed by atoms with van der Waals surface area (Å²) in [5, 5.41) is 9.29. The van der Waals surface area contributed by atoms with Crippen LogP contribution in [0.15, 0.2) is 85.1 Å². The molecular weight excluding hydrogens is 446 g/mol. The molecule has 31 heavy (non-hydrogen) atoms. The van der Waals surface area contributed by atoms with Crippen LogP contribution >= 0.6 is 11.6 Å². The van der Waals surface area contributed by atoms with Crippen molar-refractivity contribution < 1.29 is 17.1 Å². The first kappa shape index (κ1) is 23.6. The van der Waals surface area contributed by atoms with Crippen LogP contribution in [0, 0.1) is 0 Å². The van der Waals surface area contributed by atoms with Gasteiger partial charge in [-0.25, -0.2) is 18.2 Å². The fraction of sp³-hybridized carbons (Fsp3) is 0.269. The predicted octanol–water partition coefficient (Wildman–Crippen LogP) is 6.52. The van der Waals surface area contributed by atoms with E-state index in [1.807, 2.05) is 48.7 Å². The van der Waals surface area contributed by atoms with Crippen molar-refractivity contribution >= 4 is 28.2 Å². The van der Waals surface area contributed by atoms with Gasteiger partial charge in [0.1, 0.15) is 0 Å². The summed E-state index contributed by atoms with van der Waals surface area (Å²) in [5.74, 6) is 0. The van der Waals surface area contributed by atoms with E-state index in [2.05, 4.69) is 52.0 Å². The maximum Gasteiger partial charge on any atom is 2.00 e. The van der Waals surface area contributed by atoms with Crippen LogP contribution in [0.2, 0.25) is 5.02 Å². The molecule has 0 atom stereocenters. The Bertz CT molecular complexity index is 989. The number of hydrogen-bond donors (Lipinski definition) is 2. The van der Waals surface area contributed by atoms with Crippen molar-refractivity contribution in [1.82, 2.24) is 10.3 Å². The molecule has 4 aromatic rings. The number of halogens is 1. The van der Waals surface area contributed by atoms with Gasteiger partial charge in [-0.2, -0.15) is 42.0 Å². The molecule has 0 saturated heterocycles. The molecule has 0 bridgehead atoms. The van der Waals surface area contributed by atoms with Gasteiger partial charge in [0, 0.05) is 34.4 Å². The standard InChI is InChI=1S/C21H23ClN3.C5H5.Fe/c22-16-5-10-19-20(11-12-23-21(19)13-16)25-18-8-6-17(7-9-18)24-14-15-3-1-2-4-15;1-2-4-5-3-1;/h1-5,10-13,17-18,24H,6-9,14H2,(H,23,25);1-5H;/q2*-1;+2. The molecule has 1 fully saturated rings. The van der Waals surface area contributed by atoms with Crippen molar-refractivity contribution in [2.24, 2.45) is 0 Å². The zero-order valence-electron chi connectivity index (χ0n) is 17.5. The average molecular weight is 474 g/mol. The summed E-state index contributed by atoms with van der Waals surface area (Å²) in [6, 6.07) is 27.7. The van der Waals surface area contributed by atoms with E-state index in [-0.39, 0.29) is 17.1 Å². The summed E-state index contributed by atoms with van der Waals surface area (Å²) in [7, 11) is 0. The third-order valence-electron chi connectivity index (χ3n) is 5.67. The minimum absolute atomic E-state index is 0. The second-order valence-corrected chi connectivity index (χ2v) is 8.29. The Morgan fingerprint density at radius 2 is 1.71 bits per heavy atom. The molecule has 0 radical (unpaired) electrons. The van der Waals surface area contributed by atoms with Gasteiger partial charge in [-0.15, -0.1) is 0 Å². The summed E-state index contributed by atoms with van der Waals surface area (Å²) >= 11 is 6.08. The number of aromatic nitrogens is 1. The van der Waals surface area contributed by atoms with E-state index in [4.69, 9.17) is 11.6 Å². The first-order valence-corrected chi connectivity index (χ1v) is 11.1. The molecule has 1 aliphatic rings. The maximum absolute atomic E-state index is 6.08. The fourth-order valence-electron chi connectivity index (χ4n) is 4.02. The molecular formula is C26H28ClFeN3. The average Bonchev–Trinajstić information content (AvgIpc) is 3.50. The summed E-state index contributed by atoms with van der Waals surface area (Å²) < 4.78 is 0. The number of rotatable bonds is 5. The zero-order valence-corrected chi connectivity index (χ0v) is 19.3. The summed E-state index contributed by atoms with van der Waals surface area (Å²) in [4.78, 5) is 4.42. The molecule has 162 valence electrons. The molecule has 5 heteroatoms. The molecule has 0 spiro atoms. The van der Waals surface area contributed by atoms with Crippen LogP contribution in [0.3, 0.4) is 0 Å². The molecule has 0 unspecified atom stereocenters. The molecule has 1 saturated carbocycles. The molecule has 3 aromatic carbocycles. The SMILES string of the molecule is Clc1ccc2c(NC3CCC(NCc4cc[cH-]c4)CC3)ccnc2c1.[Fe+2].c1cc[cH-]c1. The molecule has 0 aliphatic heterocycles. The maximum atomic E-state index is 6.08. The van der Waals surface area contributed by atoms with Crippen molar-refractivity contribution in [2.45, 2.75) is 44.3 Å². The van der Waals surface area contributed by atoms with Crippen molar-refractivity contribution in [1.29, 1.82) is 0 Å². The van der Waals surface area contributed by atoms with Crippen LogP contribution in [0.5, 0.6) is 0 Å². The van der Waals surface area contributed by atoms with E-state index in [0.717, 1.165) is 28.2 Å². The minimum atomic E-state index is 0. The largest absolute Gasteiger partial charge is 2.00 e. The van der Waals surface area contributed by atoms with Crippen molar-refractivity contribution in [2.75, 3.05) is 5.32 Å².